The van der Waals surface area contributed by atoms with Gasteiger partial charge in [0.1, 0.15) is 17.4 Å². The van der Waals surface area contributed by atoms with E-state index in [-0.39, 0.29) is 11.6 Å². The van der Waals surface area contributed by atoms with E-state index in [1.165, 1.54) is 17.0 Å². The van der Waals surface area contributed by atoms with Crippen LogP contribution < -0.4 is 10.1 Å². The third-order valence-electron chi connectivity index (χ3n) is 6.18. The van der Waals surface area contributed by atoms with E-state index in [0.29, 0.717) is 17.9 Å². The first-order chi connectivity index (χ1) is 18.1. The summed E-state index contributed by atoms with van der Waals surface area (Å²) < 4.78 is 5.81. The molecule has 37 heavy (non-hydrogen) atoms. The van der Waals surface area contributed by atoms with E-state index in [9.17, 15) is 14.9 Å². The van der Waals surface area contributed by atoms with Gasteiger partial charge in [-0.3, -0.25) is 14.9 Å². The van der Waals surface area contributed by atoms with Crippen LogP contribution in [-0.2, 0) is 19.4 Å². The van der Waals surface area contributed by atoms with E-state index in [0.717, 1.165) is 53.1 Å². The summed E-state index contributed by atoms with van der Waals surface area (Å²) in [7, 11) is 0. The van der Waals surface area contributed by atoms with Crippen molar-refractivity contribution in [3.8, 4) is 5.75 Å². The number of hydrogen-bond acceptors (Lipinski definition) is 6. The zero-order chi connectivity index (χ0) is 25.6. The summed E-state index contributed by atoms with van der Waals surface area (Å²) in [6.45, 7) is 0.312. The van der Waals surface area contributed by atoms with Crippen molar-refractivity contribution in [2.45, 2.75) is 32.3 Å². The second-order valence-electron chi connectivity index (χ2n) is 8.75. The Bertz CT molecular complexity index is 1430. The maximum Gasteiger partial charge on any atom is 0.269 e. The molecule has 1 N–H and O–H groups in total. The molecule has 0 fully saturated rings. The fourth-order valence-corrected chi connectivity index (χ4v) is 5.49. The molecule has 0 unspecified atom stereocenters. The number of carbonyl (C=O) groups excluding carboxylic acids is 1. The van der Waals surface area contributed by atoms with Crippen LogP contribution in [0.4, 0.5) is 16.4 Å². The van der Waals surface area contributed by atoms with Gasteiger partial charge in [-0.15, -0.1) is 11.3 Å². The number of nitro benzene ring substituents is 1. The topological polar surface area (TPSA) is 93.8 Å². The molecule has 0 spiro atoms. The zero-order valence-electron chi connectivity index (χ0n) is 20.1. The molecule has 186 valence electrons. The number of nitro groups is 1. The summed E-state index contributed by atoms with van der Waals surface area (Å²) in [6.07, 6.45) is 5.88. The molecule has 1 aliphatic carbocycles. The molecule has 0 aliphatic heterocycles. The van der Waals surface area contributed by atoms with Crippen LogP contribution in [0.5, 0.6) is 5.75 Å². The lowest BCUT2D eigenvalue weighted by Crippen LogP contribution is -2.14. The molecule has 1 amide bonds. The van der Waals surface area contributed by atoms with Gasteiger partial charge in [0.15, 0.2) is 0 Å². The lowest BCUT2D eigenvalue weighted by Gasteiger charge is -2.12. The summed E-state index contributed by atoms with van der Waals surface area (Å²) in [4.78, 5) is 29.6. The van der Waals surface area contributed by atoms with Crippen molar-refractivity contribution in [2.24, 2.45) is 4.99 Å². The lowest BCUT2D eigenvalue weighted by molar-refractivity contribution is -0.384. The van der Waals surface area contributed by atoms with E-state index in [2.05, 4.69) is 5.32 Å². The predicted octanol–water partition coefficient (Wildman–Crippen LogP) is 7.12. The summed E-state index contributed by atoms with van der Waals surface area (Å²) in [5.41, 5.74) is 4.37. The van der Waals surface area contributed by atoms with Gasteiger partial charge in [0, 0.05) is 28.9 Å². The smallest absolute Gasteiger partial charge is 0.269 e. The molecule has 5 rings (SSSR count). The first-order valence-electron chi connectivity index (χ1n) is 12.1. The highest BCUT2D eigenvalue weighted by Crippen LogP contribution is 2.40. The molecule has 1 heterocycles. The van der Waals surface area contributed by atoms with Crippen LogP contribution in [0.3, 0.4) is 0 Å². The Morgan fingerprint density at radius 1 is 1.00 bits per heavy atom. The van der Waals surface area contributed by atoms with E-state index in [1.54, 1.807) is 29.7 Å². The molecule has 0 bridgehead atoms. The highest BCUT2D eigenvalue weighted by molar-refractivity contribution is 7.16. The van der Waals surface area contributed by atoms with Crippen molar-refractivity contribution in [3.05, 3.63) is 116 Å². The molecule has 1 aromatic heterocycles. The highest BCUT2D eigenvalue weighted by Gasteiger charge is 2.25. The lowest BCUT2D eigenvalue weighted by atomic mass is 9.95. The van der Waals surface area contributed by atoms with Crippen molar-refractivity contribution in [3.63, 3.8) is 0 Å². The number of carbonyl (C=O) groups is 1. The fourth-order valence-electron chi connectivity index (χ4n) is 4.26. The number of aliphatic imine (C=N–C) groups is 1. The molecule has 0 radical (unpaired) electrons. The molecule has 4 aromatic rings. The summed E-state index contributed by atoms with van der Waals surface area (Å²) in [5.74, 6) is 0.567. The minimum Gasteiger partial charge on any atom is -0.489 e. The maximum absolute atomic E-state index is 13.2. The van der Waals surface area contributed by atoms with Gasteiger partial charge >= 0.3 is 0 Å². The van der Waals surface area contributed by atoms with E-state index < -0.39 is 4.92 Å². The standard InChI is InChI=1S/C29H25N3O4S/c33-28(31-22-6-2-1-3-7-22)27-25-8-4-5-9-26(25)37-29(27)30-18-20-12-16-24(17-13-20)36-19-21-10-14-23(15-11-21)32(34)35/h1-3,6-7,10-18H,4-5,8-9,19H2,(H,31,33). The van der Waals surface area contributed by atoms with Crippen LogP contribution in [0.2, 0.25) is 0 Å². The quantitative estimate of drug-likeness (QED) is 0.155. The van der Waals surface area contributed by atoms with Gasteiger partial charge < -0.3 is 10.1 Å². The molecule has 0 saturated heterocycles. The van der Waals surface area contributed by atoms with Crippen LogP contribution >= 0.6 is 11.3 Å². The van der Waals surface area contributed by atoms with Crippen molar-refractivity contribution >= 4 is 39.8 Å². The number of para-hydroxylation sites is 1. The number of benzene rings is 3. The van der Waals surface area contributed by atoms with Crippen LogP contribution in [-0.4, -0.2) is 17.0 Å². The minimum atomic E-state index is -0.422. The van der Waals surface area contributed by atoms with E-state index >= 15 is 0 Å². The van der Waals surface area contributed by atoms with Crippen LogP contribution in [0.1, 0.15) is 44.8 Å². The van der Waals surface area contributed by atoms with Crippen molar-refractivity contribution in [2.75, 3.05) is 5.32 Å². The molecule has 3 aromatic carbocycles. The van der Waals surface area contributed by atoms with E-state index in [4.69, 9.17) is 9.73 Å². The largest absolute Gasteiger partial charge is 0.489 e. The first-order valence-corrected chi connectivity index (χ1v) is 12.9. The Labute approximate surface area is 218 Å². The van der Waals surface area contributed by atoms with Crippen LogP contribution in [0.25, 0.3) is 0 Å². The normalized spacial score (nSPS) is 12.8. The molecule has 1 aliphatic rings. The number of nitrogens with one attached hydrogen (secondary N) is 1. The number of anilines is 1. The van der Waals surface area contributed by atoms with Gasteiger partial charge in [-0.25, -0.2) is 4.99 Å². The van der Waals surface area contributed by atoms with Gasteiger partial charge in [0.25, 0.3) is 11.6 Å². The molecule has 7 nitrogen and oxygen atoms in total. The Morgan fingerprint density at radius 3 is 2.46 bits per heavy atom. The van der Waals surface area contributed by atoms with Crippen molar-refractivity contribution < 1.29 is 14.5 Å². The third-order valence-corrected chi connectivity index (χ3v) is 7.37. The Hall–Kier alpha value is -4.30. The monoisotopic (exact) mass is 511 g/mol. The number of fused-ring (bicyclic) bond motifs is 1. The van der Waals surface area contributed by atoms with Gasteiger partial charge in [-0.2, -0.15) is 0 Å². The number of hydrogen-bond donors (Lipinski definition) is 1. The third kappa shape index (κ3) is 5.92. The first kappa shape index (κ1) is 24.4. The second kappa shape index (κ2) is 11.2. The van der Waals surface area contributed by atoms with Crippen molar-refractivity contribution in [1.29, 1.82) is 0 Å². The number of ether oxygens (including phenoxy) is 1. The molecular weight excluding hydrogens is 486 g/mol. The summed E-state index contributed by atoms with van der Waals surface area (Å²) >= 11 is 1.61. The SMILES string of the molecule is O=C(Nc1ccccc1)c1c(N=Cc2ccc(OCc3ccc([N+](=O)[O-])cc3)cc2)sc2c1CCCC2. The summed E-state index contributed by atoms with van der Waals surface area (Å²) in [6, 6.07) is 23.3. The second-order valence-corrected chi connectivity index (χ2v) is 9.83. The molecule has 0 atom stereocenters. The summed E-state index contributed by atoms with van der Waals surface area (Å²) in [5, 5.41) is 14.5. The molecule has 0 saturated carbocycles. The van der Waals surface area contributed by atoms with Gasteiger partial charge in [0.05, 0.1) is 10.5 Å². The number of thiophene rings is 1. The number of amides is 1. The number of aryl methyl sites for hydroxylation is 1. The number of non-ortho nitro benzene ring substituents is 1. The highest BCUT2D eigenvalue weighted by atomic mass is 32.1. The Morgan fingerprint density at radius 2 is 1.73 bits per heavy atom. The van der Waals surface area contributed by atoms with Gasteiger partial charge in [-0.05, 0) is 90.9 Å². The van der Waals surface area contributed by atoms with Gasteiger partial charge in [-0.1, -0.05) is 18.2 Å². The number of rotatable bonds is 8. The minimum absolute atomic E-state index is 0.0553. The zero-order valence-corrected chi connectivity index (χ0v) is 20.9. The maximum atomic E-state index is 13.2. The van der Waals surface area contributed by atoms with Crippen LogP contribution in [0, 0.1) is 10.1 Å². The van der Waals surface area contributed by atoms with E-state index in [1.807, 2.05) is 54.6 Å². The Balaban J connectivity index is 1.28. The average molecular weight is 512 g/mol. The molecule has 8 heteroatoms. The van der Waals surface area contributed by atoms with Gasteiger partial charge in [0.2, 0.25) is 0 Å². The Kier molecular flexibility index (Phi) is 7.37. The van der Waals surface area contributed by atoms with Crippen molar-refractivity contribution in [1.82, 2.24) is 0 Å². The predicted molar refractivity (Wildman–Crippen MR) is 146 cm³/mol. The average Bonchev–Trinajstić information content (AvgIpc) is 3.31. The molecular formula is C29H25N3O4S. The number of nitrogens with zero attached hydrogens (tertiary/aromatic N) is 2. The van der Waals surface area contributed by atoms with Crippen LogP contribution in [0.15, 0.2) is 83.9 Å². The fraction of sp³-hybridized carbons (Fsp3) is 0.172.